The molecule has 5 heteroatoms. The molecule has 0 atom stereocenters. The van der Waals surface area contributed by atoms with Crippen LogP contribution in [0.15, 0.2) is 48.5 Å². The fourth-order valence-corrected chi connectivity index (χ4v) is 2.24. The summed E-state index contributed by atoms with van der Waals surface area (Å²) in [4.78, 5) is 11.8. The molecule has 120 valence electrons. The third-order valence-corrected chi connectivity index (χ3v) is 3.84. The highest BCUT2D eigenvalue weighted by Crippen LogP contribution is 2.19. The Morgan fingerprint density at radius 3 is 2.43 bits per heavy atom. The molecule has 23 heavy (non-hydrogen) atoms. The summed E-state index contributed by atoms with van der Waals surface area (Å²) >= 11 is 5.85. The van der Waals surface area contributed by atoms with Crippen LogP contribution < -0.4 is 15.4 Å². The third kappa shape index (κ3) is 5.27. The van der Waals surface area contributed by atoms with Gasteiger partial charge in [0, 0.05) is 16.8 Å². The number of carbonyl (C=O) groups is 1. The fourth-order valence-electron chi connectivity index (χ4n) is 2.11. The lowest BCUT2D eigenvalue weighted by Gasteiger charge is -2.09. The topological polar surface area (TPSA) is 50.4 Å². The maximum atomic E-state index is 11.8. The second-order valence-electron chi connectivity index (χ2n) is 5.64. The van der Waals surface area contributed by atoms with E-state index in [9.17, 15) is 4.79 Å². The largest absolute Gasteiger partial charge is 0.489 e. The first-order valence-corrected chi connectivity index (χ1v) is 8.07. The Bertz CT molecular complexity index is 652. The third-order valence-electron chi connectivity index (χ3n) is 3.59. The predicted molar refractivity (Wildman–Crippen MR) is 91.9 cm³/mol. The number of halogens is 1. The van der Waals surface area contributed by atoms with Crippen molar-refractivity contribution in [3.8, 4) is 5.75 Å². The van der Waals surface area contributed by atoms with E-state index in [2.05, 4.69) is 10.6 Å². The van der Waals surface area contributed by atoms with Gasteiger partial charge in [-0.25, -0.2) is 0 Å². The van der Waals surface area contributed by atoms with Crippen LogP contribution in [-0.2, 0) is 11.4 Å². The molecule has 4 nitrogen and oxygen atoms in total. The molecule has 0 spiro atoms. The molecule has 1 fully saturated rings. The van der Waals surface area contributed by atoms with Crippen molar-refractivity contribution < 1.29 is 9.53 Å². The lowest BCUT2D eigenvalue weighted by atomic mass is 10.2. The quantitative estimate of drug-likeness (QED) is 0.815. The van der Waals surface area contributed by atoms with Crippen LogP contribution in [0.1, 0.15) is 18.4 Å². The summed E-state index contributed by atoms with van der Waals surface area (Å²) in [6, 6.07) is 15.5. The molecule has 3 rings (SSSR count). The van der Waals surface area contributed by atoms with Gasteiger partial charge in [-0.3, -0.25) is 4.79 Å². The van der Waals surface area contributed by atoms with E-state index < -0.39 is 0 Å². The number of rotatable bonds is 7. The van der Waals surface area contributed by atoms with Crippen molar-refractivity contribution in [1.82, 2.24) is 5.32 Å². The molecular weight excluding hydrogens is 312 g/mol. The summed E-state index contributed by atoms with van der Waals surface area (Å²) in [5.74, 6) is 0.737. The Morgan fingerprint density at radius 2 is 1.78 bits per heavy atom. The van der Waals surface area contributed by atoms with Crippen LogP contribution in [-0.4, -0.2) is 18.5 Å². The van der Waals surface area contributed by atoms with Crippen LogP contribution in [0.2, 0.25) is 5.02 Å². The van der Waals surface area contributed by atoms with E-state index >= 15 is 0 Å². The monoisotopic (exact) mass is 330 g/mol. The van der Waals surface area contributed by atoms with Crippen LogP contribution in [0, 0.1) is 0 Å². The van der Waals surface area contributed by atoms with Gasteiger partial charge in [0.15, 0.2) is 0 Å². The summed E-state index contributed by atoms with van der Waals surface area (Å²) < 4.78 is 5.71. The Hall–Kier alpha value is -2.04. The van der Waals surface area contributed by atoms with Crippen molar-refractivity contribution >= 4 is 23.2 Å². The second-order valence-corrected chi connectivity index (χ2v) is 6.08. The number of nitrogens with one attached hydrogen (secondary N) is 2. The standard InChI is InChI=1S/C18H19ClN2O2/c19-14-3-1-13(2-4-14)12-23-17-9-7-16(8-10-17)21-18(22)11-20-15-5-6-15/h1-4,7-10,15,20H,5-6,11-12H2,(H,21,22). The molecule has 0 aromatic heterocycles. The van der Waals surface area contributed by atoms with E-state index in [-0.39, 0.29) is 5.91 Å². The van der Waals surface area contributed by atoms with Crippen molar-refractivity contribution in [2.75, 3.05) is 11.9 Å². The highest BCUT2D eigenvalue weighted by Gasteiger charge is 2.21. The molecule has 0 aliphatic heterocycles. The zero-order valence-corrected chi connectivity index (χ0v) is 13.5. The average molecular weight is 331 g/mol. The van der Waals surface area contributed by atoms with E-state index in [1.54, 1.807) is 0 Å². The van der Waals surface area contributed by atoms with Crippen LogP contribution in [0.4, 0.5) is 5.69 Å². The number of ether oxygens (including phenoxy) is 1. The highest BCUT2D eigenvalue weighted by atomic mass is 35.5. The molecule has 1 aliphatic carbocycles. The van der Waals surface area contributed by atoms with Crippen LogP contribution in [0.25, 0.3) is 0 Å². The van der Waals surface area contributed by atoms with Gasteiger partial charge in [-0.05, 0) is 54.8 Å². The normalized spacial score (nSPS) is 13.6. The number of amides is 1. The molecule has 2 aromatic rings. The minimum absolute atomic E-state index is 0.0215. The minimum Gasteiger partial charge on any atom is -0.489 e. The molecular formula is C18H19ClN2O2. The van der Waals surface area contributed by atoms with Crippen molar-refractivity contribution in [3.63, 3.8) is 0 Å². The van der Waals surface area contributed by atoms with Gasteiger partial charge in [-0.1, -0.05) is 23.7 Å². The summed E-state index contributed by atoms with van der Waals surface area (Å²) in [5, 5.41) is 6.76. The molecule has 0 heterocycles. The molecule has 1 aliphatic rings. The summed E-state index contributed by atoms with van der Waals surface area (Å²) in [6.45, 7) is 0.841. The van der Waals surface area contributed by atoms with Crippen molar-refractivity contribution in [2.24, 2.45) is 0 Å². The molecule has 0 saturated heterocycles. The Labute approximate surface area is 140 Å². The maximum absolute atomic E-state index is 11.8. The first-order chi connectivity index (χ1) is 11.2. The van der Waals surface area contributed by atoms with E-state index in [1.807, 2.05) is 48.5 Å². The van der Waals surface area contributed by atoms with Gasteiger partial charge >= 0.3 is 0 Å². The van der Waals surface area contributed by atoms with Gasteiger partial charge in [0.05, 0.1) is 6.54 Å². The van der Waals surface area contributed by atoms with Crippen LogP contribution in [0.5, 0.6) is 5.75 Å². The van der Waals surface area contributed by atoms with Gasteiger partial charge in [0.1, 0.15) is 12.4 Å². The van der Waals surface area contributed by atoms with Gasteiger partial charge < -0.3 is 15.4 Å². The molecule has 0 unspecified atom stereocenters. The zero-order valence-electron chi connectivity index (χ0n) is 12.7. The highest BCUT2D eigenvalue weighted by molar-refractivity contribution is 6.30. The summed E-state index contributed by atoms with van der Waals surface area (Å²) in [7, 11) is 0. The van der Waals surface area contributed by atoms with Crippen molar-refractivity contribution in [1.29, 1.82) is 0 Å². The first kappa shape index (κ1) is 15.8. The molecule has 2 N–H and O–H groups in total. The molecule has 0 radical (unpaired) electrons. The van der Waals surface area contributed by atoms with E-state index in [1.165, 1.54) is 12.8 Å². The van der Waals surface area contributed by atoms with Gasteiger partial charge in [-0.2, -0.15) is 0 Å². The smallest absolute Gasteiger partial charge is 0.238 e. The second kappa shape index (κ2) is 7.49. The van der Waals surface area contributed by atoms with E-state index in [0.29, 0.717) is 24.2 Å². The number of hydrogen-bond acceptors (Lipinski definition) is 3. The lowest BCUT2D eigenvalue weighted by Crippen LogP contribution is -2.29. The van der Waals surface area contributed by atoms with Crippen LogP contribution in [0.3, 0.4) is 0 Å². The zero-order chi connectivity index (χ0) is 16.1. The summed E-state index contributed by atoms with van der Waals surface area (Å²) in [6.07, 6.45) is 2.35. The van der Waals surface area contributed by atoms with Gasteiger partial charge in [-0.15, -0.1) is 0 Å². The first-order valence-electron chi connectivity index (χ1n) is 7.69. The maximum Gasteiger partial charge on any atom is 0.238 e. The number of anilines is 1. The molecule has 2 aromatic carbocycles. The lowest BCUT2D eigenvalue weighted by molar-refractivity contribution is -0.115. The number of carbonyl (C=O) groups excluding carboxylic acids is 1. The van der Waals surface area contributed by atoms with E-state index in [0.717, 1.165) is 17.0 Å². The van der Waals surface area contributed by atoms with Crippen LogP contribution >= 0.6 is 11.6 Å². The Kier molecular flexibility index (Phi) is 5.16. The molecule has 1 saturated carbocycles. The Balaban J connectivity index is 1.46. The fraction of sp³-hybridized carbons (Fsp3) is 0.278. The average Bonchev–Trinajstić information content (AvgIpc) is 3.38. The number of hydrogen-bond donors (Lipinski definition) is 2. The number of benzene rings is 2. The molecule has 0 bridgehead atoms. The van der Waals surface area contributed by atoms with Gasteiger partial charge in [0.2, 0.25) is 5.91 Å². The predicted octanol–water partition coefficient (Wildman–Crippen LogP) is 3.61. The minimum atomic E-state index is -0.0215. The SMILES string of the molecule is O=C(CNC1CC1)Nc1ccc(OCc2ccc(Cl)cc2)cc1. The van der Waals surface area contributed by atoms with E-state index in [4.69, 9.17) is 16.3 Å². The van der Waals surface area contributed by atoms with Crippen molar-refractivity contribution in [2.45, 2.75) is 25.5 Å². The van der Waals surface area contributed by atoms with Gasteiger partial charge in [0.25, 0.3) is 0 Å². The Morgan fingerprint density at radius 1 is 1.09 bits per heavy atom. The molecule has 1 amide bonds. The van der Waals surface area contributed by atoms with Crippen molar-refractivity contribution in [3.05, 3.63) is 59.1 Å². The summed E-state index contributed by atoms with van der Waals surface area (Å²) in [5.41, 5.74) is 1.82.